The molecule has 1 aromatic rings. The van der Waals surface area contributed by atoms with Gasteiger partial charge in [0.05, 0.1) is 31.2 Å². The van der Waals surface area contributed by atoms with E-state index in [1.54, 1.807) is 6.07 Å². The van der Waals surface area contributed by atoms with Crippen LogP contribution in [0.1, 0.15) is 51.1 Å². The number of hydrogen-bond acceptors (Lipinski definition) is 6. The number of fused-ring (bicyclic) bond motifs is 3. The molecule has 2 saturated heterocycles. The van der Waals surface area contributed by atoms with E-state index in [4.69, 9.17) is 14.3 Å². The predicted octanol–water partition coefficient (Wildman–Crippen LogP) is 2.67. The van der Waals surface area contributed by atoms with Gasteiger partial charge in [0.1, 0.15) is 18.1 Å². The molecule has 7 heteroatoms. The minimum Gasteiger partial charge on any atom is -0.459 e. The Morgan fingerprint density at radius 2 is 2.00 bits per heavy atom. The van der Waals surface area contributed by atoms with E-state index >= 15 is 0 Å². The van der Waals surface area contributed by atoms with E-state index in [0.717, 1.165) is 36.0 Å². The van der Waals surface area contributed by atoms with Gasteiger partial charge < -0.3 is 19.4 Å². The van der Waals surface area contributed by atoms with E-state index in [1.807, 2.05) is 26.0 Å². The number of carbonyl (C=O) groups excluding carboxylic acids is 2. The summed E-state index contributed by atoms with van der Waals surface area (Å²) in [6, 6.07) is 3.58. The van der Waals surface area contributed by atoms with Gasteiger partial charge in [0.15, 0.2) is 0 Å². The minimum atomic E-state index is -0.362. The van der Waals surface area contributed by atoms with E-state index in [-0.39, 0.29) is 48.9 Å². The Labute approximate surface area is 182 Å². The average molecular weight is 430 g/mol. The summed E-state index contributed by atoms with van der Waals surface area (Å²) in [5, 5.41) is 19.2. The van der Waals surface area contributed by atoms with Crippen molar-refractivity contribution >= 4 is 17.9 Å². The lowest BCUT2D eigenvalue weighted by molar-refractivity contribution is -0.140. The second kappa shape index (κ2) is 9.10. The Balaban J connectivity index is 1.49. The molecule has 3 aliphatic rings. The summed E-state index contributed by atoms with van der Waals surface area (Å²) in [4.78, 5) is 27.2. The van der Waals surface area contributed by atoms with E-state index in [2.05, 4.69) is 0 Å². The maximum atomic E-state index is 13.0. The first kappa shape index (κ1) is 22.0. The number of ether oxygens (including phenoxy) is 1. The average Bonchev–Trinajstić information content (AvgIpc) is 3.45. The molecule has 0 aromatic carbocycles. The summed E-state index contributed by atoms with van der Waals surface area (Å²) in [7, 11) is 0. The molecule has 168 valence electrons. The van der Waals surface area contributed by atoms with Gasteiger partial charge in [0, 0.05) is 12.5 Å². The first-order valence-corrected chi connectivity index (χ1v) is 11.1. The van der Waals surface area contributed by atoms with Crippen LogP contribution in [-0.2, 0) is 20.9 Å². The van der Waals surface area contributed by atoms with Crippen LogP contribution >= 0.6 is 0 Å². The van der Waals surface area contributed by atoms with Crippen LogP contribution in [-0.4, -0.2) is 52.8 Å². The number of hydrogen-bond donors (Lipinski definition) is 2. The molecule has 4 rings (SSSR count). The molecule has 4 atom stereocenters. The molecular formula is C24H31NO6. The molecule has 2 fully saturated rings. The topological polar surface area (TPSA) is 100 Å². The Morgan fingerprint density at radius 1 is 1.19 bits per heavy atom. The van der Waals surface area contributed by atoms with Crippen LogP contribution in [0.25, 0.3) is 6.08 Å². The molecule has 2 aliphatic heterocycles. The van der Waals surface area contributed by atoms with Crippen molar-refractivity contribution in [2.45, 2.75) is 52.2 Å². The van der Waals surface area contributed by atoms with Crippen LogP contribution in [0.5, 0.6) is 0 Å². The number of aliphatic hydroxyl groups is 2. The maximum absolute atomic E-state index is 13.0. The molecule has 7 nitrogen and oxygen atoms in total. The molecule has 3 heterocycles. The van der Waals surface area contributed by atoms with Crippen LogP contribution in [0, 0.1) is 17.8 Å². The van der Waals surface area contributed by atoms with E-state index < -0.39 is 0 Å². The van der Waals surface area contributed by atoms with Gasteiger partial charge in [-0.15, -0.1) is 0 Å². The fourth-order valence-corrected chi connectivity index (χ4v) is 5.36. The van der Waals surface area contributed by atoms with Crippen molar-refractivity contribution in [3.63, 3.8) is 0 Å². The van der Waals surface area contributed by atoms with Crippen molar-refractivity contribution in [3.8, 4) is 0 Å². The summed E-state index contributed by atoms with van der Waals surface area (Å²) >= 11 is 0. The van der Waals surface area contributed by atoms with Crippen LogP contribution in [0.3, 0.4) is 0 Å². The zero-order valence-electron chi connectivity index (χ0n) is 18.2. The molecule has 0 radical (unpaired) electrons. The molecule has 0 saturated carbocycles. The third-order valence-corrected chi connectivity index (χ3v) is 6.77. The SMILES string of the molecule is CCCN1C(=O)[C@@H]2[C@@H](CC(CO)=C3[C@@H](CC/C(C)=C/c4ccc(CO)o4)OC[C@@H]32)C1=O. The second-order valence-corrected chi connectivity index (χ2v) is 8.80. The number of allylic oxidation sites excluding steroid dienone is 1. The van der Waals surface area contributed by atoms with Gasteiger partial charge in [0.25, 0.3) is 0 Å². The van der Waals surface area contributed by atoms with Crippen LogP contribution in [0.2, 0.25) is 0 Å². The number of carbonyl (C=O) groups is 2. The van der Waals surface area contributed by atoms with E-state index in [9.17, 15) is 14.7 Å². The minimum absolute atomic E-state index is 0.0748. The molecular weight excluding hydrogens is 398 g/mol. The van der Waals surface area contributed by atoms with Gasteiger partial charge >= 0.3 is 0 Å². The first-order valence-electron chi connectivity index (χ1n) is 11.1. The van der Waals surface area contributed by atoms with Crippen molar-refractivity contribution < 1.29 is 29.0 Å². The third-order valence-electron chi connectivity index (χ3n) is 6.77. The zero-order chi connectivity index (χ0) is 22.1. The molecule has 2 N–H and O–H groups in total. The number of amides is 2. The lowest BCUT2D eigenvalue weighted by atomic mass is 9.69. The van der Waals surface area contributed by atoms with Gasteiger partial charge in [-0.05, 0) is 62.0 Å². The summed E-state index contributed by atoms with van der Waals surface area (Å²) in [6.07, 6.45) is 4.51. The Morgan fingerprint density at radius 3 is 2.68 bits per heavy atom. The molecule has 2 amide bonds. The highest BCUT2D eigenvalue weighted by atomic mass is 16.5. The summed E-state index contributed by atoms with van der Waals surface area (Å²) in [5.41, 5.74) is 3.03. The van der Waals surface area contributed by atoms with Gasteiger partial charge in [0.2, 0.25) is 11.8 Å². The van der Waals surface area contributed by atoms with Crippen molar-refractivity contribution in [1.82, 2.24) is 4.90 Å². The van der Waals surface area contributed by atoms with Crippen LogP contribution < -0.4 is 0 Å². The van der Waals surface area contributed by atoms with Crippen LogP contribution in [0.4, 0.5) is 0 Å². The van der Waals surface area contributed by atoms with Gasteiger partial charge in [-0.25, -0.2) is 0 Å². The molecule has 1 aromatic heterocycles. The number of nitrogens with zero attached hydrogens (tertiary/aromatic N) is 1. The molecule has 0 unspecified atom stereocenters. The lowest BCUT2D eigenvalue weighted by Gasteiger charge is -2.31. The number of imide groups is 1. The zero-order valence-corrected chi connectivity index (χ0v) is 18.2. The Bertz CT molecular complexity index is 913. The lowest BCUT2D eigenvalue weighted by Crippen LogP contribution is -2.35. The van der Waals surface area contributed by atoms with E-state index in [0.29, 0.717) is 31.1 Å². The fourth-order valence-electron chi connectivity index (χ4n) is 5.36. The molecule has 0 spiro atoms. The number of furan rings is 1. The van der Waals surface area contributed by atoms with Gasteiger partial charge in [-0.3, -0.25) is 14.5 Å². The Kier molecular flexibility index (Phi) is 6.46. The van der Waals surface area contributed by atoms with Crippen LogP contribution in [0.15, 0.2) is 33.3 Å². The number of likely N-dealkylation sites (tertiary alicyclic amines) is 1. The molecule has 0 bridgehead atoms. The van der Waals surface area contributed by atoms with Crippen molar-refractivity contribution in [1.29, 1.82) is 0 Å². The number of aliphatic hydroxyl groups excluding tert-OH is 2. The smallest absolute Gasteiger partial charge is 0.233 e. The second-order valence-electron chi connectivity index (χ2n) is 8.80. The Hall–Kier alpha value is -2.22. The predicted molar refractivity (Wildman–Crippen MR) is 113 cm³/mol. The quantitative estimate of drug-likeness (QED) is 0.487. The summed E-state index contributed by atoms with van der Waals surface area (Å²) in [5.74, 6) is 0.228. The highest BCUT2D eigenvalue weighted by Gasteiger charge is 2.56. The number of rotatable bonds is 8. The summed E-state index contributed by atoms with van der Waals surface area (Å²) < 4.78 is 11.6. The van der Waals surface area contributed by atoms with Crippen molar-refractivity contribution in [2.24, 2.45) is 17.8 Å². The van der Waals surface area contributed by atoms with Crippen molar-refractivity contribution in [2.75, 3.05) is 19.8 Å². The normalized spacial score (nSPS) is 28.5. The summed E-state index contributed by atoms with van der Waals surface area (Å²) in [6.45, 7) is 4.64. The standard InChI is InChI=1S/C24H31NO6/c1-3-8-25-23(28)18-10-15(11-26)21-19(22(18)24(25)29)13-30-20(21)7-4-14(2)9-16-5-6-17(12-27)31-16/h5-6,9,18-20,22,26-27H,3-4,7-8,10-13H2,1-2H3/b14-9+/t18-,19+,20-,22-/m1/s1. The molecule has 1 aliphatic carbocycles. The monoisotopic (exact) mass is 429 g/mol. The maximum Gasteiger partial charge on any atom is 0.233 e. The molecule has 31 heavy (non-hydrogen) atoms. The van der Waals surface area contributed by atoms with Gasteiger partial charge in [-0.2, -0.15) is 0 Å². The third kappa shape index (κ3) is 4.02. The van der Waals surface area contributed by atoms with Crippen molar-refractivity contribution in [3.05, 3.63) is 40.4 Å². The van der Waals surface area contributed by atoms with E-state index in [1.165, 1.54) is 4.90 Å². The fraction of sp³-hybridized carbons (Fsp3) is 0.583. The van der Waals surface area contributed by atoms with Gasteiger partial charge in [-0.1, -0.05) is 12.5 Å². The first-order chi connectivity index (χ1) is 15.0. The highest BCUT2D eigenvalue weighted by molar-refractivity contribution is 6.05. The highest BCUT2D eigenvalue weighted by Crippen LogP contribution is 2.49. The largest absolute Gasteiger partial charge is 0.459 e.